The summed E-state index contributed by atoms with van der Waals surface area (Å²) in [6.07, 6.45) is 4.92. The number of rotatable bonds is 4. The quantitative estimate of drug-likeness (QED) is 0.829. The molecule has 6 nitrogen and oxygen atoms in total. The molecule has 0 saturated heterocycles. The molecule has 1 heterocycles. The minimum atomic E-state index is -0.548. The van der Waals surface area contributed by atoms with Crippen molar-refractivity contribution in [1.29, 1.82) is 0 Å². The van der Waals surface area contributed by atoms with Crippen molar-refractivity contribution in [3.63, 3.8) is 0 Å². The molecule has 1 aliphatic rings. The van der Waals surface area contributed by atoms with Gasteiger partial charge in [0.1, 0.15) is 0 Å². The topological polar surface area (TPSA) is 78.3 Å². The van der Waals surface area contributed by atoms with Gasteiger partial charge in [-0.15, -0.1) is 0 Å². The van der Waals surface area contributed by atoms with E-state index in [1.807, 2.05) is 7.05 Å². The third-order valence-electron chi connectivity index (χ3n) is 4.02. The van der Waals surface area contributed by atoms with Crippen LogP contribution in [0.25, 0.3) is 0 Å². The lowest BCUT2D eigenvalue weighted by Crippen LogP contribution is -2.37. The Kier molecular flexibility index (Phi) is 4.09. The SMILES string of the molecule is Cc1c(O)n(CCN(C)C2CCCC2)c(=O)[nH]c1=O. The maximum atomic E-state index is 11.7. The van der Waals surface area contributed by atoms with Crippen LogP contribution in [0.4, 0.5) is 0 Å². The van der Waals surface area contributed by atoms with E-state index in [9.17, 15) is 14.7 Å². The summed E-state index contributed by atoms with van der Waals surface area (Å²) in [4.78, 5) is 27.4. The van der Waals surface area contributed by atoms with Crippen LogP contribution in [0.1, 0.15) is 31.2 Å². The normalized spacial score (nSPS) is 16.4. The van der Waals surface area contributed by atoms with Crippen molar-refractivity contribution in [2.75, 3.05) is 13.6 Å². The molecule has 2 N–H and O–H groups in total. The van der Waals surface area contributed by atoms with Crippen molar-refractivity contribution >= 4 is 0 Å². The third-order valence-corrected chi connectivity index (χ3v) is 4.02. The zero-order chi connectivity index (χ0) is 14.0. The summed E-state index contributed by atoms with van der Waals surface area (Å²) in [6, 6.07) is 0.571. The fourth-order valence-electron chi connectivity index (χ4n) is 2.65. The van der Waals surface area contributed by atoms with Gasteiger partial charge in [0.15, 0.2) is 0 Å². The van der Waals surface area contributed by atoms with Crippen molar-refractivity contribution in [3.8, 4) is 5.88 Å². The summed E-state index contributed by atoms with van der Waals surface area (Å²) in [5, 5.41) is 9.86. The number of aromatic nitrogens is 2. The van der Waals surface area contributed by atoms with Crippen molar-refractivity contribution in [2.45, 2.75) is 45.2 Å². The van der Waals surface area contributed by atoms with E-state index in [2.05, 4.69) is 9.88 Å². The van der Waals surface area contributed by atoms with Gasteiger partial charge in [-0.1, -0.05) is 12.8 Å². The molecule has 2 rings (SSSR count). The van der Waals surface area contributed by atoms with Crippen LogP contribution < -0.4 is 11.2 Å². The van der Waals surface area contributed by atoms with Gasteiger partial charge in [-0.2, -0.15) is 0 Å². The maximum Gasteiger partial charge on any atom is 0.331 e. The van der Waals surface area contributed by atoms with Crippen LogP contribution in [-0.2, 0) is 6.54 Å². The molecule has 1 aromatic rings. The van der Waals surface area contributed by atoms with Gasteiger partial charge >= 0.3 is 5.69 Å². The highest BCUT2D eigenvalue weighted by Crippen LogP contribution is 2.22. The van der Waals surface area contributed by atoms with E-state index in [4.69, 9.17) is 0 Å². The second-order valence-electron chi connectivity index (χ2n) is 5.28. The first kappa shape index (κ1) is 13.9. The lowest BCUT2D eigenvalue weighted by atomic mass is 10.2. The Bertz CT molecular complexity index is 555. The maximum absolute atomic E-state index is 11.7. The molecule has 0 unspecified atom stereocenters. The highest BCUT2D eigenvalue weighted by molar-refractivity contribution is 5.20. The molecule has 0 atom stereocenters. The van der Waals surface area contributed by atoms with Gasteiger partial charge in [0, 0.05) is 19.1 Å². The Morgan fingerprint density at radius 2 is 2.00 bits per heavy atom. The number of nitrogens with one attached hydrogen (secondary N) is 1. The van der Waals surface area contributed by atoms with Crippen LogP contribution in [-0.4, -0.2) is 39.2 Å². The standard InChI is InChI=1S/C13H21N3O3/c1-9-11(17)14-13(19)16(12(9)18)8-7-15(2)10-5-3-4-6-10/h10,18H,3-8H2,1-2H3,(H,14,17,19). The minimum absolute atomic E-state index is 0.183. The number of aromatic amines is 1. The first-order chi connectivity index (χ1) is 9.00. The molecule has 0 bridgehead atoms. The first-order valence-electron chi connectivity index (χ1n) is 6.73. The fourth-order valence-corrected chi connectivity index (χ4v) is 2.65. The summed E-state index contributed by atoms with van der Waals surface area (Å²) in [5.74, 6) is -0.228. The molecular weight excluding hydrogens is 246 g/mol. The number of nitrogens with zero attached hydrogens (tertiary/aromatic N) is 2. The van der Waals surface area contributed by atoms with Gasteiger partial charge < -0.3 is 10.0 Å². The Hall–Kier alpha value is -1.56. The highest BCUT2D eigenvalue weighted by Gasteiger charge is 2.19. The van der Waals surface area contributed by atoms with Crippen LogP contribution in [0.15, 0.2) is 9.59 Å². The molecular formula is C13H21N3O3. The van der Waals surface area contributed by atoms with E-state index in [0.29, 0.717) is 19.1 Å². The monoisotopic (exact) mass is 267 g/mol. The van der Waals surface area contributed by atoms with E-state index in [1.165, 1.54) is 37.2 Å². The molecule has 106 valence electrons. The van der Waals surface area contributed by atoms with Crippen LogP contribution in [0.2, 0.25) is 0 Å². The average molecular weight is 267 g/mol. The molecule has 0 spiro atoms. The zero-order valence-electron chi connectivity index (χ0n) is 11.5. The molecule has 1 aliphatic carbocycles. The smallest absolute Gasteiger partial charge is 0.331 e. The van der Waals surface area contributed by atoms with Crippen LogP contribution in [0.3, 0.4) is 0 Å². The summed E-state index contributed by atoms with van der Waals surface area (Å²) >= 11 is 0. The molecule has 0 aromatic carbocycles. The number of likely N-dealkylation sites (N-methyl/N-ethyl adjacent to an activating group) is 1. The van der Waals surface area contributed by atoms with E-state index in [-0.39, 0.29) is 11.4 Å². The molecule has 0 amide bonds. The second kappa shape index (κ2) is 5.61. The third kappa shape index (κ3) is 2.89. The van der Waals surface area contributed by atoms with Gasteiger partial charge in [-0.3, -0.25) is 14.3 Å². The molecule has 6 heteroatoms. The summed E-state index contributed by atoms with van der Waals surface area (Å²) < 4.78 is 1.22. The van der Waals surface area contributed by atoms with E-state index in [0.717, 1.165) is 0 Å². The molecule has 0 aliphatic heterocycles. The molecule has 19 heavy (non-hydrogen) atoms. The zero-order valence-corrected chi connectivity index (χ0v) is 11.5. The molecule has 1 aromatic heterocycles. The lowest BCUT2D eigenvalue weighted by Gasteiger charge is -2.24. The Balaban J connectivity index is 2.09. The van der Waals surface area contributed by atoms with Gasteiger partial charge in [0.25, 0.3) is 5.56 Å². The van der Waals surface area contributed by atoms with Crippen LogP contribution in [0.5, 0.6) is 5.88 Å². The van der Waals surface area contributed by atoms with Gasteiger partial charge in [-0.05, 0) is 26.8 Å². The van der Waals surface area contributed by atoms with E-state index < -0.39 is 11.2 Å². The second-order valence-corrected chi connectivity index (χ2v) is 5.28. The van der Waals surface area contributed by atoms with E-state index >= 15 is 0 Å². The van der Waals surface area contributed by atoms with Crippen LogP contribution in [0, 0.1) is 6.92 Å². The average Bonchev–Trinajstić information content (AvgIpc) is 2.89. The Labute approximate surface area is 111 Å². The number of H-pyrrole nitrogens is 1. The summed E-state index contributed by atoms with van der Waals surface area (Å²) in [5.41, 5.74) is -0.890. The summed E-state index contributed by atoms with van der Waals surface area (Å²) in [7, 11) is 2.04. The lowest BCUT2D eigenvalue weighted by molar-refractivity contribution is 0.230. The number of hydrogen-bond acceptors (Lipinski definition) is 4. The predicted molar refractivity (Wildman–Crippen MR) is 72.6 cm³/mol. The van der Waals surface area contributed by atoms with Gasteiger partial charge in [0.05, 0.1) is 5.56 Å². The molecule has 1 saturated carbocycles. The Morgan fingerprint density at radius 3 is 2.63 bits per heavy atom. The van der Waals surface area contributed by atoms with Crippen LogP contribution >= 0.6 is 0 Å². The van der Waals surface area contributed by atoms with Crippen molar-refractivity contribution in [1.82, 2.24) is 14.5 Å². The van der Waals surface area contributed by atoms with Crippen molar-refractivity contribution in [3.05, 3.63) is 26.4 Å². The number of aromatic hydroxyl groups is 1. The molecule has 1 fully saturated rings. The van der Waals surface area contributed by atoms with E-state index in [1.54, 1.807) is 0 Å². The van der Waals surface area contributed by atoms with Crippen molar-refractivity contribution < 1.29 is 5.11 Å². The van der Waals surface area contributed by atoms with Gasteiger partial charge in [0.2, 0.25) is 5.88 Å². The fraction of sp³-hybridized carbons (Fsp3) is 0.692. The first-order valence-corrected chi connectivity index (χ1v) is 6.73. The number of hydrogen-bond donors (Lipinski definition) is 2. The predicted octanol–water partition coefficient (Wildman–Crippen LogP) is 0.425. The minimum Gasteiger partial charge on any atom is -0.494 e. The van der Waals surface area contributed by atoms with Crippen molar-refractivity contribution in [2.24, 2.45) is 0 Å². The largest absolute Gasteiger partial charge is 0.494 e. The highest BCUT2D eigenvalue weighted by atomic mass is 16.3. The Morgan fingerprint density at radius 1 is 1.37 bits per heavy atom. The van der Waals surface area contributed by atoms with Gasteiger partial charge in [-0.25, -0.2) is 4.79 Å². The molecule has 0 radical (unpaired) electrons. The summed E-state index contributed by atoms with van der Waals surface area (Å²) in [6.45, 7) is 2.57.